The second-order valence-electron chi connectivity index (χ2n) is 4.61. The lowest BCUT2D eigenvalue weighted by atomic mass is 10.0. The Morgan fingerprint density at radius 1 is 1.50 bits per heavy atom. The van der Waals surface area contributed by atoms with Crippen molar-refractivity contribution in [3.8, 4) is 0 Å². The third-order valence-electron chi connectivity index (χ3n) is 2.74. The SMILES string of the molecule is CCC(C)(C)NC(=O)c1ccc([N+](=O)[O-])cc1F. The van der Waals surface area contributed by atoms with Crippen LogP contribution in [0.4, 0.5) is 10.1 Å². The quantitative estimate of drug-likeness (QED) is 0.663. The van der Waals surface area contributed by atoms with Gasteiger partial charge in [0.15, 0.2) is 0 Å². The zero-order valence-electron chi connectivity index (χ0n) is 10.5. The first-order valence-corrected chi connectivity index (χ1v) is 5.53. The topological polar surface area (TPSA) is 72.2 Å². The summed E-state index contributed by atoms with van der Waals surface area (Å²) in [5.41, 5.74) is -1.02. The Morgan fingerprint density at radius 2 is 2.11 bits per heavy atom. The molecule has 0 saturated heterocycles. The van der Waals surface area contributed by atoms with Gasteiger partial charge in [0, 0.05) is 11.6 Å². The first kappa shape index (κ1) is 14.1. The highest BCUT2D eigenvalue weighted by molar-refractivity contribution is 5.95. The first-order chi connectivity index (χ1) is 8.26. The van der Waals surface area contributed by atoms with Crippen LogP contribution in [0.15, 0.2) is 18.2 Å². The Morgan fingerprint density at radius 3 is 2.56 bits per heavy atom. The van der Waals surface area contributed by atoms with Crippen molar-refractivity contribution in [2.75, 3.05) is 0 Å². The Balaban J connectivity index is 2.97. The van der Waals surface area contributed by atoms with Crippen molar-refractivity contribution in [1.29, 1.82) is 0 Å². The number of carbonyl (C=O) groups excluding carboxylic acids is 1. The Kier molecular flexibility index (Phi) is 4.00. The predicted molar refractivity (Wildman–Crippen MR) is 64.9 cm³/mol. The third kappa shape index (κ3) is 3.26. The number of nitrogens with one attached hydrogen (secondary N) is 1. The molecule has 0 radical (unpaired) electrons. The summed E-state index contributed by atoms with van der Waals surface area (Å²) in [6.45, 7) is 5.52. The third-order valence-corrected chi connectivity index (χ3v) is 2.74. The van der Waals surface area contributed by atoms with E-state index in [0.717, 1.165) is 18.2 Å². The molecule has 1 N–H and O–H groups in total. The molecule has 1 aromatic rings. The number of non-ortho nitro benzene ring substituents is 1. The van der Waals surface area contributed by atoms with E-state index < -0.39 is 22.2 Å². The molecule has 0 aliphatic rings. The van der Waals surface area contributed by atoms with Gasteiger partial charge in [0.05, 0.1) is 16.6 Å². The fourth-order valence-electron chi connectivity index (χ4n) is 1.26. The maximum absolute atomic E-state index is 13.6. The molecule has 0 fully saturated rings. The Bertz CT molecular complexity index is 486. The summed E-state index contributed by atoms with van der Waals surface area (Å²) < 4.78 is 13.6. The molecule has 0 heterocycles. The zero-order chi connectivity index (χ0) is 13.9. The zero-order valence-corrected chi connectivity index (χ0v) is 10.5. The molecule has 0 aliphatic carbocycles. The van der Waals surface area contributed by atoms with Gasteiger partial charge < -0.3 is 5.32 Å². The summed E-state index contributed by atoms with van der Waals surface area (Å²) in [5, 5.41) is 13.1. The summed E-state index contributed by atoms with van der Waals surface area (Å²) in [7, 11) is 0. The maximum atomic E-state index is 13.6. The van der Waals surface area contributed by atoms with E-state index in [-0.39, 0.29) is 11.3 Å². The van der Waals surface area contributed by atoms with Gasteiger partial charge in [-0.25, -0.2) is 4.39 Å². The standard InChI is InChI=1S/C12H15FN2O3/c1-4-12(2,3)14-11(16)9-6-5-8(15(17)18)7-10(9)13/h5-7H,4H2,1-3H3,(H,14,16). The van der Waals surface area contributed by atoms with Crippen molar-refractivity contribution >= 4 is 11.6 Å². The van der Waals surface area contributed by atoms with Gasteiger partial charge >= 0.3 is 0 Å². The fraction of sp³-hybridized carbons (Fsp3) is 0.417. The van der Waals surface area contributed by atoms with Crippen molar-refractivity contribution in [3.63, 3.8) is 0 Å². The van der Waals surface area contributed by atoms with Crippen molar-refractivity contribution in [3.05, 3.63) is 39.7 Å². The van der Waals surface area contributed by atoms with Crippen LogP contribution in [0.1, 0.15) is 37.6 Å². The average Bonchev–Trinajstić information content (AvgIpc) is 2.28. The lowest BCUT2D eigenvalue weighted by molar-refractivity contribution is -0.385. The number of hydrogen-bond acceptors (Lipinski definition) is 3. The number of halogens is 1. The molecule has 1 rings (SSSR count). The number of hydrogen-bond donors (Lipinski definition) is 1. The van der Waals surface area contributed by atoms with Gasteiger partial charge in [0.1, 0.15) is 5.82 Å². The molecule has 98 valence electrons. The number of rotatable bonds is 4. The molecule has 0 aliphatic heterocycles. The summed E-state index contributed by atoms with van der Waals surface area (Å²) in [5.74, 6) is -1.47. The lowest BCUT2D eigenvalue weighted by Crippen LogP contribution is -2.43. The average molecular weight is 254 g/mol. The minimum atomic E-state index is -0.895. The second kappa shape index (κ2) is 5.12. The van der Waals surface area contributed by atoms with E-state index in [1.165, 1.54) is 0 Å². The van der Waals surface area contributed by atoms with Crippen molar-refractivity contribution < 1.29 is 14.1 Å². The van der Waals surface area contributed by atoms with E-state index in [1.54, 1.807) is 0 Å². The van der Waals surface area contributed by atoms with Crippen LogP contribution in [0, 0.1) is 15.9 Å². The van der Waals surface area contributed by atoms with Crippen molar-refractivity contribution in [2.24, 2.45) is 0 Å². The lowest BCUT2D eigenvalue weighted by Gasteiger charge is -2.24. The maximum Gasteiger partial charge on any atom is 0.272 e. The highest BCUT2D eigenvalue weighted by Gasteiger charge is 2.22. The van der Waals surface area contributed by atoms with Crippen LogP contribution in [-0.2, 0) is 0 Å². The van der Waals surface area contributed by atoms with Gasteiger partial charge in [0.2, 0.25) is 0 Å². The number of amides is 1. The molecule has 1 amide bonds. The van der Waals surface area contributed by atoms with E-state index in [2.05, 4.69) is 5.32 Å². The monoisotopic (exact) mass is 254 g/mol. The molecule has 5 nitrogen and oxygen atoms in total. The van der Waals surface area contributed by atoms with Crippen LogP contribution in [-0.4, -0.2) is 16.4 Å². The Labute approximate surface area is 104 Å². The van der Waals surface area contributed by atoms with Gasteiger partial charge in [-0.3, -0.25) is 14.9 Å². The van der Waals surface area contributed by atoms with Crippen LogP contribution in [0.3, 0.4) is 0 Å². The molecule has 0 aromatic heterocycles. The summed E-state index contributed by atoms with van der Waals surface area (Å²) in [4.78, 5) is 21.5. The van der Waals surface area contributed by atoms with Gasteiger partial charge in [-0.1, -0.05) is 6.92 Å². The molecule has 0 atom stereocenters. The van der Waals surface area contributed by atoms with E-state index in [0.29, 0.717) is 6.42 Å². The van der Waals surface area contributed by atoms with Gasteiger partial charge in [-0.15, -0.1) is 0 Å². The van der Waals surface area contributed by atoms with Gasteiger partial charge in [-0.2, -0.15) is 0 Å². The minimum Gasteiger partial charge on any atom is -0.347 e. The van der Waals surface area contributed by atoms with E-state index in [9.17, 15) is 19.3 Å². The smallest absolute Gasteiger partial charge is 0.272 e. The van der Waals surface area contributed by atoms with Crippen LogP contribution >= 0.6 is 0 Å². The van der Waals surface area contributed by atoms with E-state index >= 15 is 0 Å². The molecule has 0 saturated carbocycles. The summed E-state index contributed by atoms with van der Waals surface area (Å²) in [6, 6.07) is 2.97. The number of benzene rings is 1. The second-order valence-corrected chi connectivity index (χ2v) is 4.61. The van der Waals surface area contributed by atoms with E-state index in [4.69, 9.17) is 0 Å². The van der Waals surface area contributed by atoms with Crippen LogP contribution in [0.25, 0.3) is 0 Å². The fourth-order valence-corrected chi connectivity index (χ4v) is 1.26. The highest BCUT2D eigenvalue weighted by Crippen LogP contribution is 2.17. The van der Waals surface area contributed by atoms with Crippen LogP contribution < -0.4 is 5.32 Å². The number of nitro groups is 1. The molecule has 1 aromatic carbocycles. The largest absolute Gasteiger partial charge is 0.347 e. The molecule has 0 bridgehead atoms. The molecule has 6 heteroatoms. The number of carbonyl (C=O) groups is 1. The van der Waals surface area contributed by atoms with E-state index in [1.807, 2.05) is 20.8 Å². The minimum absolute atomic E-state index is 0.192. The summed E-state index contributed by atoms with van der Waals surface area (Å²) in [6.07, 6.45) is 0.688. The first-order valence-electron chi connectivity index (χ1n) is 5.53. The number of nitro benzene ring substituents is 1. The van der Waals surface area contributed by atoms with Crippen molar-refractivity contribution in [2.45, 2.75) is 32.7 Å². The highest BCUT2D eigenvalue weighted by atomic mass is 19.1. The molecule has 0 unspecified atom stereocenters. The number of nitrogens with zero attached hydrogens (tertiary/aromatic N) is 1. The Hall–Kier alpha value is -1.98. The van der Waals surface area contributed by atoms with Crippen LogP contribution in [0.5, 0.6) is 0 Å². The normalized spacial score (nSPS) is 11.1. The predicted octanol–water partition coefficient (Wildman–Crippen LogP) is 2.65. The van der Waals surface area contributed by atoms with Crippen molar-refractivity contribution in [1.82, 2.24) is 5.32 Å². The molecular formula is C12H15FN2O3. The summed E-state index contributed by atoms with van der Waals surface area (Å²) >= 11 is 0. The molecule has 0 spiro atoms. The molecular weight excluding hydrogens is 239 g/mol. The van der Waals surface area contributed by atoms with Gasteiger partial charge in [-0.05, 0) is 26.3 Å². The molecule has 18 heavy (non-hydrogen) atoms. The van der Waals surface area contributed by atoms with Crippen LogP contribution in [0.2, 0.25) is 0 Å². The van der Waals surface area contributed by atoms with Gasteiger partial charge in [0.25, 0.3) is 11.6 Å².